The van der Waals surface area contributed by atoms with Crippen molar-refractivity contribution in [2.75, 3.05) is 0 Å². The molecule has 0 heterocycles. The van der Waals surface area contributed by atoms with Gasteiger partial charge in [0.1, 0.15) is 0 Å². The highest BCUT2D eigenvalue weighted by molar-refractivity contribution is 6.36. The lowest BCUT2D eigenvalue weighted by Crippen LogP contribution is -2.21. The van der Waals surface area contributed by atoms with Crippen molar-refractivity contribution < 1.29 is 4.79 Å². The average Bonchev–Trinajstić information content (AvgIpc) is 2.89. The van der Waals surface area contributed by atoms with E-state index in [1.165, 1.54) is 19.3 Å². The van der Waals surface area contributed by atoms with Crippen LogP contribution in [-0.2, 0) is 0 Å². The van der Waals surface area contributed by atoms with E-state index in [1.54, 1.807) is 18.2 Å². The molecular formula is C14H14Cl2O. The van der Waals surface area contributed by atoms with Crippen LogP contribution in [0.1, 0.15) is 36.0 Å². The summed E-state index contributed by atoms with van der Waals surface area (Å²) >= 11 is 11.9. The Hall–Kier alpha value is -0.530. The third-order valence-electron chi connectivity index (χ3n) is 4.27. The van der Waals surface area contributed by atoms with Crippen LogP contribution >= 0.6 is 23.2 Å². The van der Waals surface area contributed by atoms with Crippen LogP contribution in [0.5, 0.6) is 0 Å². The molecule has 1 nitrogen and oxygen atoms in total. The first-order valence-electron chi connectivity index (χ1n) is 6.14. The van der Waals surface area contributed by atoms with Gasteiger partial charge >= 0.3 is 0 Å². The predicted octanol–water partition coefficient (Wildman–Crippen LogP) is 4.61. The van der Waals surface area contributed by atoms with Crippen molar-refractivity contribution in [2.24, 2.45) is 17.8 Å². The number of carbonyl (C=O) groups excluding carboxylic acids is 1. The molecule has 17 heavy (non-hydrogen) atoms. The van der Waals surface area contributed by atoms with Crippen molar-refractivity contribution in [1.82, 2.24) is 0 Å². The number of ketones is 1. The molecule has 2 fully saturated rings. The number of fused-ring (bicyclic) bond motifs is 2. The number of hydrogen-bond acceptors (Lipinski definition) is 1. The minimum atomic E-state index is 0.201. The van der Waals surface area contributed by atoms with Crippen molar-refractivity contribution in [1.29, 1.82) is 0 Å². The van der Waals surface area contributed by atoms with E-state index in [-0.39, 0.29) is 11.7 Å². The number of carbonyl (C=O) groups is 1. The molecule has 3 heteroatoms. The molecule has 0 amide bonds. The smallest absolute Gasteiger partial charge is 0.167 e. The highest BCUT2D eigenvalue weighted by atomic mass is 35.5. The van der Waals surface area contributed by atoms with Gasteiger partial charge in [-0.15, -0.1) is 0 Å². The molecule has 1 aromatic carbocycles. The van der Waals surface area contributed by atoms with Gasteiger partial charge in [0.2, 0.25) is 0 Å². The fourth-order valence-corrected chi connectivity index (χ4v) is 3.96. The molecule has 2 aliphatic rings. The fourth-order valence-electron chi connectivity index (χ4n) is 3.45. The topological polar surface area (TPSA) is 17.1 Å². The monoisotopic (exact) mass is 268 g/mol. The summed E-state index contributed by atoms with van der Waals surface area (Å²) in [7, 11) is 0. The second-order valence-electron chi connectivity index (χ2n) is 5.27. The lowest BCUT2D eigenvalue weighted by atomic mass is 9.83. The van der Waals surface area contributed by atoms with E-state index in [2.05, 4.69) is 0 Å². The number of benzene rings is 1. The molecule has 3 rings (SSSR count). The Morgan fingerprint density at radius 1 is 1.18 bits per heavy atom. The Morgan fingerprint density at radius 2 is 2.00 bits per heavy atom. The van der Waals surface area contributed by atoms with Crippen LogP contribution in [-0.4, -0.2) is 5.78 Å². The van der Waals surface area contributed by atoms with Crippen molar-refractivity contribution in [3.63, 3.8) is 0 Å². The third-order valence-corrected chi connectivity index (χ3v) is 4.82. The van der Waals surface area contributed by atoms with E-state index in [0.29, 0.717) is 21.5 Å². The number of rotatable bonds is 2. The second kappa shape index (κ2) is 4.29. The predicted molar refractivity (Wildman–Crippen MR) is 69.7 cm³/mol. The maximum atomic E-state index is 12.4. The van der Waals surface area contributed by atoms with Gasteiger partial charge in [-0.2, -0.15) is 0 Å². The van der Waals surface area contributed by atoms with Crippen molar-refractivity contribution in [3.8, 4) is 0 Å². The highest BCUT2D eigenvalue weighted by Crippen LogP contribution is 2.49. The lowest BCUT2D eigenvalue weighted by Gasteiger charge is -2.20. The quantitative estimate of drug-likeness (QED) is 0.716. The van der Waals surface area contributed by atoms with Gasteiger partial charge in [-0.1, -0.05) is 29.6 Å². The van der Waals surface area contributed by atoms with Gasteiger partial charge in [-0.25, -0.2) is 0 Å². The summed E-state index contributed by atoms with van der Waals surface area (Å²) in [6.45, 7) is 0. The van der Waals surface area contributed by atoms with E-state index in [0.717, 1.165) is 12.3 Å². The van der Waals surface area contributed by atoms with Crippen LogP contribution in [0.15, 0.2) is 18.2 Å². The van der Waals surface area contributed by atoms with Crippen molar-refractivity contribution in [2.45, 2.75) is 25.7 Å². The molecule has 0 saturated heterocycles. The average molecular weight is 269 g/mol. The molecule has 3 unspecified atom stereocenters. The molecule has 2 aliphatic carbocycles. The Balaban J connectivity index is 1.87. The van der Waals surface area contributed by atoms with E-state index >= 15 is 0 Å². The van der Waals surface area contributed by atoms with Gasteiger partial charge in [0.25, 0.3) is 0 Å². The number of halogens is 2. The molecule has 2 saturated carbocycles. The van der Waals surface area contributed by atoms with Crippen molar-refractivity contribution in [3.05, 3.63) is 33.8 Å². The third kappa shape index (κ3) is 2.00. The molecule has 0 spiro atoms. The molecule has 2 bridgehead atoms. The molecule has 0 aromatic heterocycles. The first-order valence-corrected chi connectivity index (χ1v) is 6.90. The maximum absolute atomic E-state index is 12.4. The van der Waals surface area contributed by atoms with Gasteiger partial charge in [0.15, 0.2) is 5.78 Å². The summed E-state index contributed by atoms with van der Waals surface area (Å²) < 4.78 is 0. The molecule has 90 valence electrons. The molecule has 0 N–H and O–H groups in total. The molecule has 3 atom stereocenters. The first kappa shape index (κ1) is 11.6. The Bertz CT molecular complexity index is 469. The second-order valence-corrected chi connectivity index (χ2v) is 6.11. The highest BCUT2D eigenvalue weighted by Gasteiger charge is 2.43. The van der Waals surface area contributed by atoms with Gasteiger partial charge in [-0.05, 0) is 49.3 Å². The fraction of sp³-hybridized carbons (Fsp3) is 0.500. The molecular weight excluding hydrogens is 255 g/mol. The van der Waals surface area contributed by atoms with Crippen LogP contribution in [0.25, 0.3) is 0 Å². The molecule has 0 aliphatic heterocycles. The summed E-state index contributed by atoms with van der Waals surface area (Å²) in [6.07, 6.45) is 4.82. The summed E-state index contributed by atoms with van der Waals surface area (Å²) in [5.74, 6) is 1.80. The van der Waals surface area contributed by atoms with Crippen molar-refractivity contribution >= 4 is 29.0 Å². The zero-order valence-electron chi connectivity index (χ0n) is 9.46. The van der Waals surface area contributed by atoms with Crippen LogP contribution in [0, 0.1) is 17.8 Å². The lowest BCUT2D eigenvalue weighted by molar-refractivity contribution is 0.0875. The summed E-state index contributed by atoms with van der Waals surface area (Å²) in [6, 6.07) is 5.16. The first-order chi connectivity index (χ1) is 8.15. The standard InChI is InChI=1S/C14H14Cl2O/c15-10-3-4-11(13(16)7-10)14(17)12-6-8-1-2-9(12)5-8/h3-4,7-9,12H,1-2,5-6H2. The minimum Gasteiger partial charge on any atom is -0.294 e. The van der Waals surface area contributed by atoms with Crippen LogP contribution in [0.4, 0.5) is 0 Å². The summed E-state index contributed by atoms with van der Waals surface area (Å²) in [5.41, 5.74) is 0.647. The van der Waals surface area contributed by atoms with E-state index < -0.39 is 0 Å². The van der Waals surface area contributed by atoms with Crippen LogP contribution in [0.3, 0.4) is 0 Å². The Kier molecular flexibility index (Phi) is 2.92. The zero-order chi connectivity index (χ0) is 12.0. The van der Waals surface area contributed by atoms with Gasteiger partial charge in [0.05, 0.1) is 5.02 Å². The van der Waals surface area contributed by atoms with E-state index in [4.69, 9.17) is 23.2 Å². The van der Waals surface area contributed by atoms with E-state index in [9.17, 15) is 4.79 Å². The largest absolute Gasteiger partial charge is 0.294 e. The number of Topliss-reactive ketones (excluding diaryl/α,β-unsaturated/α-hetero) is 1. The van der Waals surface area contributed by atoms with Gasteiger partial charge in [-0.3, -0.25) is 4.79 Å². The van der Waals surface area contributed by atoms with Crippen LogP contribution in [0.2, 0.25) is 10.0 Å². The SMILES string of the molecule is O=C(c1ccc(Cl)cc1Cl)C1CC2CCC1C2. The maximum Gasteiger partial charge on any atom is 0.167 e. The normalized spacial score (nSPS) is 30.8. The number of hydrogen-bond donors (Lipinski definition) is 0. The zero-order valence-corrected chi connectivity index (χ0v) is 11.0. The summed E-state index contributed by atoms with van der Waals surface area (Å²) in [4.78, 5) is 12.4. The Labute approximate surface area is 111 Å². The molecule has 1 aromatic rings. The summed E-state index contributed by atoms with van der Waals surface area (Å²) in [5, 5.41) is 1.07. The Morgan fingerprint density at radius 3 is 2.59 bits per heavy atom. The minimum absolute atomic E-state index is 0.201. The van der Waals surface area contributed by atoms with Crippen LogP contribution < -0.4 is 0 Å². The molecule has 0 radical (unpaired) electrons. The van der Waals surface area contributed by atoms with E-state index in [1.807, 2.05) is 0 Å². The van der Waals surface area contributed by atoms with Gasteiger partial charge < -0.3 is 0 Å². The van der Waals surface area contributed by atoms with Gasteiger partial charge in [0, 0.05) is 16.5 Å².